The second-order valence-electron chi connectivity index (χ2n) is 7.63. The summed E-state index contributed by atoms with van der Waals surface area (Å²) in [5.74, 6) is -0.817. The first-order chi connectivity index (χ1) is 13.6. The number of fused-ring (bicyclic) bond motifs is 1. The molecule has 29 heavy (non-hydrogen) atoms. The van der Waals surface area contributed by atoms with Crippen molar-refractivity contribution in [1.82, 2.24) is 14.5 Å². The van der Waals surface area contributed by atoms with Crippen molar-refractivity contribution in [3.05, 3.63) is 52.6 Å². The Bertz CT molecular complexity index is 913. The molecular formula is C19H21F5N4O. The van der Waals surface area contributed by atoms with E-state index in [4.69, 9.17) is 10.5 Å². The van der Waals surface area contributed by atoms with E-state index >= 15 is 0 Å². The van der Waals surface area contributed by atoms with Gasteiger partial charge < -0.3 is 15.0 Å². The molecule has 0 saturated carbocycles. The zero-order valence-corrected chi connectivity index (χ0v) is 15.7. The van der Waals surface area contributed by atoms with E-state index in [0.717, 1.165) is 18.2 Å². The number of ether oxygens (including phenoxy) is 1. The summed E-state index contributed by atoms with van der Waals surface area (Å²) in [4.78, 5) is 6.26. The minimum Gasteiger partial charge on any atom is -0.370 e. The van der Waals surface area contributed by atoms with Gasteiger partial charge in [-0.05, 0) is 31.5 Å². The van der Waals surface area contributed by atoms with Crippen molar-refractivity contribution in [2.24, 2.45) is 5.73 Å². The average Bonchev–Trinajstić information content (AvgIpc) is 3.15. The van der Waals surface area contributed by atoms with Crippen LogP contribution in [0.1, 0.15) is 35.3 Å². The van der Waals surface area contributed by atoms with E-state index in [0.29, 0.717) is 36.7 Å². The molecule has 3 atom stereocenters. The molecule has 1 aromatic heterocycles. The van der Waals surface area contributed by atoms with Crippen LogP contribution in [0.3, 0.4) is 0 Å². The van der Waals surface area contributed by atoms with Gasteiger partial charge in [-0.15, -0.1) is 0 Å². The Hall–Kier alpha value is -2.04. The second-order valence-corrected chi connectivity index (χ2v) is 7.63. The van der Waals surface area contributed by atoms with Crippen LogP contribution in [0, 0.1) is 18.6 Å². The van der Waals surface area contributed by atoms with Crippen molar-refractivity contribution in [2.75, 3.05) is 6.61 Å². The molecule has 0 bridgehead atoms. The van der Waals surface area contributed by atoms with E-state index < -0.39 is 36.5 Å². The van der Waals surface area contributed by atoms with Crippen LogP contribution in [0.5, 0.6) is 0 Å². The standard InChI is InChI=1S/C19H21F5N4O/c1-10-26-16-6-27(7-17(16)28(10)9-19(22,23)24)12-5-15(25)18(29-8-12)13-4-11(20)2-3-14(13)21/h2-4,12,15,18H,5-9,25H2,1H3/t12?,15-,18+/m0/s1. The van der Waals surface area contributed by atoms with Crippen LogP contribution in [0.15, 0.2) is 18.2 Å². The SMILES string of the molecule is Cc1nc2c(n1CC(F)(F)F)CN(C1CO[C@H](c3cc(F)ccc3F)[C@@H](N)C1)C2. The van der Waals surface area contributed by atoms with Crippen molar-refractivity contribution in [3.63, 3.8) is 0 Å². The van der Waals surface area contributed by atoms with Crippen molar-refractivity contribution in [2.45, 2.75) is 57.3 Å². The number of nitrogens with two attached hydrogens (primary N) is 1. The zero-order valence-electron chi connectivity index (χ0n) is 15.7. The van der Waals surface area contributed by atoms with Gasteiger partial charge in [-0.3, -0.25) is 4.90 Å². The number of alkyl halides is 3. The Morgan fingerprint density at radius 1 is 1.24 bits per heavy atom. The molecule has 4 rings (SSSR count). The van der Waals surface area contributed by atoms with Crippen molar-refractivity contribution < 1.29 is 26.7 Å². The fourth-order valence-corrected chi connectivity index (χ4v) is 4.21. The number of hydrogen-bond donors (Lipinski definition) is 1. The van der Waals surface area contributed by atoms with Gasteiger partial charge in [0.1, 0.15) is 30.1 Å². The molecule has 3 heterocycles. The average molecular weight is 416 g/mol. The van der Waals surface area contributed by atoms with E-state index in [1.165, 1.54) is 4.57 Å². The van der Waals surface area contributed by atoms with Gasteiger partial charge in [0.25, 0.3) is 0 Å². The first-order valence-corrected chi connectivity index (χ1v) is 9.30. The number of aromatic nitrogens is 2. The third kappa shape index (κ3) is 4.01. The van der Waals surface area contributed by atoms with E-state index in [2.05, 4.69) is 4.98 Å². The first-order valence-electron chi connectivity index (χ1n) is 9.30. The van der Waals surface area contributed by atoms with E-state index in [1.54, 1.807) is 6.92 Å². The molecule has 2 aliphatic heterocycles. The van der Waals surface area contributed by atoms with Crippen LogP contribution in [0.25, 0.3) is 0 Å². The van der Waals surface area contributed by atoms with Gasteiger partial charge in [0, 0.05) is 30.7 Å². The summed E-state index contributed by atoms with van der Waals surface area (Å²) in [7, 11) is 0. The van der Waals surface area contributed by atoms with E-state index in [1.807, 2.05) is 4.90 Å². The lowest BCUT2D eigenvalue weighted by atomic mass is 9.93. The highest BCUT2D eigenvalue weighted by Crippen LogP contribution is 2.35. The first kappa shape index (κ1) is 20.2. The Labute approximate surface area is 164 Å². The Balaban J connectivity index is 1.46. The Morgan fingerprint density at radius 2 is 2.00 bits per heavy atom. The van der Waals surface area contributed by atoms with Gasteiger partial charge in [-0.2, -0.15) is 13.2 Å². The molecule has 10 heteroatoms. The lowest BCUT2D eigenvalue weighted by molar-refractivity contribution is -0.141. The largest absolute Gasteiger partial charge is 0.406 e. The van der Waals surface area contributed by atoms with Gasteiger partial charge in [0.15, 0.2) is 0 Å². The lowest BCUT2D eigenvalue weighted by Gasteiger charge is -2.38. The molecule has 1 fully saturated rings. The maximum atomic E-state index is 14.1. The van der Waals surface area contributed by atoms with Gasteiger partial charge in [-0.25, -0.2) is 13.8 Å². The van der Waals surface area contributed by atoms with Gasteiger partial charge in [0.2, 0.25) is 0 Å². The molecular weight excluding hydrogens is 395 g/mol. The molecule has 2 aliphatic rings. The Morgan fingerprint density at radius 3 is 2.69 bits per heavy atom. The number of imidazole rings is 1. The van der Waals surface area contributed by atoms with Gasteiger partial charge in [0.05, 0.1) is 18.0 Å². The highest BCUT2D eigenvalue weighted by Gasteiger charge is 2.39. The number of rotatable bonds is 3. The number of nitrogens with zero attached hydrogens (tertiary/aromatic N) is 3. The maximum Gasteiger partial charge on any atom is 0.406 e. The van der Waals surface area contributed by atoms with E-state index in [9.17, 15) is 22.0 Å². The molecule has 2 aromatic rings. The number of halogens is 5. The smallest absolute Gasteiger partial charge is 0.370 e. The maximum absolute atomic E-state index is 14.1. The van der Waals surface area contributed by atoms with Crippen LogP contribution >= 0.6 is 0 Å². The van der Waals surface area contributed by atoms with Crippen LogP contribution in [-0.4, -0.2) is 39.3 Å². The summed E-state index contributed by atoms with van der Waals surface area (Å²) >= 11 is 0. The molecule has 0 spiro atoms. The zero-order chi connectivity index (χ0) is 20.9. The van der Waals surface area contributed by atoms with Crippen LogP contribution in [0.4, 0.5) is 22.0 Å². The fraction of sp³-hybridized carbons (Fsp3) is 0.526. The monoisotopic (exact) mass is 416 g/mol. The third-order valence-electron chi connectivity index (χ3n) is 5.57. The van der Waals surface area contributed by atoms with E-state index in [-0.39, 0.29) is 18.2 Å². The number of hydrogen-bond acceptors (Lipinski definition) is 4. The quantitative estimate of drug-likeness (QED) is 0.781. The normalized spacial score (nSPS) is 25.4. The van der Waals surface area contributed by atoms with Crippen LogP contribution < -0.4 is 5.73 Å². The molecule has 1 aromatic carbocycles. The molecule has 2 N–H and O–H groups in total. The second kappa shape index (κ2) is 7.33. The summed E-state index contributed by atoms with van der Waals surface area (Å²) in [6, 6.07) is 2.43. The third-order valence-corrected chi connectivity index (χ3v) is 5.57. The number of aryl methyl sites for hydroxylation is 1. The van der Waals surface area contributed by atoms with Crippen LogP contribution in [-0.2, 0) is 24.4 Å². The highest BCUT2D eigenvalue weighted by molar-refractivity contribution is 5.24. The highest BCUT2D eigenvalue weighted by atomic mass is 19.4. The molecule has 0 amide bonds. The molecule has 158 valence electrons. The minimum absolute atomic E-state index is 0.0783. The molecule has 0 aliphatic carbocycles. The minimum atomic E-state index is -4.33. The van der Waals surface area contributed by atoms with Crippen molar-refractivity contribution in [3.8, 4) is 0 Å². The fourth-order valence-electron chi connectivity index (χ4n) is 4.21. The molecule has 5 nitrogen and oxygen atoms in total. The summed E-state index contributed by atoms with van der Waals surface area (Å²) in [6.45, 7) is 1.42. The summed E-state index contributed by atoms with van der Waals surface area (Å²) < 4.78 is 73.2. The molecule has 0 radical (unpaired) electrons. The summed E-state index contributed by atoms with van der Waals surface area (Å²) in [5.41, 5.74) is 7.45. The number of benzene rings is 1. The Kier molecular flexibility index (Phi) is 5.12. The van der Waals surface area contributed by atoms with Gasteiger partial charge >= 0.3 is 6.18 Å². The van der Waals surface area contributed by atoms with Crippen molar-refractivity contribution >= 4 is 0 Å². The lowest BCUT2D eigenvalue weighted by Crippen LogP contribution is -2.48. The summed E-state index contributed by atoms with van der Waals surface area (Å²) in [6.07, 6.45) is -4.65. The predicted molar refractivity (Wildman–Crippen MR) is 93.7 cm³/mol. The van der Waals surface area contributed by atoms with Gasteiger partial charge in [-0.1, -0.05) is 0 Å². The summed E-state index contributed by atoms with van der Waals surface area (Å²) in [5, 5.41) is 0. The van der Waals surface area contributed by atoms with Crippen molar-refractivity contribution in [1.29, 1.82) is 0 Å². The predicted octanol–water partition coefficient (Wildman–Crippen LogP) is 3.21. The topological polar surface area (TPSA) is 56.3 Å². The molecule has 1 saturated heterocycles. The van der Waals surface area contributed by atoms with Crippen LogP contribution in [0.2, 0.25) is 0 Å². The molecule has 1 unspecified atom stereocenters.